The van der Waals surface area contributed by atoms with E-state index in [1.165, 1.54) is 0 Å². The smallest absolute Gasteiger partial charge is 0.279 e. The van der Waals surface area contributed by atoms with Crippen LogP contribution in [0.3, 0.4) is 0 Å². The van der Waals surface area contributed by atoms with E-state index in [4.69, 9.17) is 11.6 Å². The molecule has 2 aliphatic rings. The first-order chi connectivity index (χ1) is 15.1. The molecule has 1 N–H and O–H groups in total. The summed E-state index contributed by atoms with van der Waals surface area (Å²) in [6, 6.07) is 11.8. The molecule has 31 heavy (non-hydrogen) atoms. The van der Waals surface area contributed by atoms with Crippen LogP contribution in [0.5, 0.6) is 0 Å². The number of hydrogen-bond donors (Lipinski definition) is 1. The zero-order chi connectivity index (χ0) is 22.0. The summed E-state index contributed by atoms with van der Waals surface area (Å²) in [4.78, 5) is 21.5. The van der Waals surface area contributed by atoms with Gasteiger partial charge in [-0.2, -0.15) is 5.10 Å². The van der Waals surface area contributed by atoms with Crippen LogP contribution in [0.2, 0.25) is 5.02 Å². The number of aromatic nitrogens is 3. The molecule has 1 fully saturated rings. The van der Waals surface area contributed by atoms with Gasteiger partial charge in [-0.15, -0.1) is 0 Å². The van der Waals surface area contributed by atoms with E-state index in [0.717, 1.165) is 42.3 Å². The van der Waals surface area contributed by atoms with Crippen LogP contribution in [0, 0.1) is 0 Å². The first kappa shape index (κ1) is 21.3. The Kier molecular flexibility index (Phi) is 6.25. The Bertz CT molecular complexity index is 1050. The van der Waals surface area contributed by atoms with E-state index >= 15 is 0 Å². The van der Waals surface area contributed by atoms with E-state index < -0.39 is 0 Å². The zero-order valence-electron chi connectivity index (χ0n) is 18.0. The van der Waals surface area contributed by atoms with Crippen LogP contribution in [0.1, 0.15) is 36.3 Å². The lowest BCUT2D eigenvalue weighted by Crippen LogP contribution is -2.30. The van der Waals surface area contributed by atoms with Crippen molar-refractivity contribution in [3.05, 3.63) is 65.1 Å². The Labute approximate surface area is 187 Å². The van der Waals surface area contributed by atoms with Crippen LogP contribution in [-0.2, 0) is 6.54 Å². The van der Waals surface area contributed by atoms with Gasteiger partial charge < -0.3 is 15.1 Å². The molecule has 0 radical (unpaired) electrons. The summed E-state index contributed by atoms with van der Waals surface area (Å²) in [6.45, 7) is 6.44. The van der Waals surface area contributed by atoms with Crippen molar-refractivity contribution in [3.63, 3.8) is 0 Å². The largest absolute Gasteiger partial charge is 0.355 e. The predicted molar refractivity (Wildman–Crippen MR) is 124 cm³/mol. The molecule has 0 spiro atoms. The number of anilines is 2. The Morgan fingerprint density at radius 1 is 1.10 bits per heavy atom. The fraction of sp³-hybridized carbons (Fsp3) is 0.348. The number of fused-ring (bicyclic) bond motifs is 1. The highest BCUT2D eigenvalue weighted by molar-refractivity contribution is 6.30. The number of benzene rings is 1. The lowest BCUT2D eigenvalue weighted by atomic mass is 10.3. The highest BCUT2D eigenvalue weighted by Gasteiger charge is 2.32. The maximum absolute atomic E-state index is 12.9. The molecule has 3 aromatic rings. The number of halogens is 1. The van der Waals surface area contributed by atoms with Crippen LogP contribution in [0.15, 0.2) is 48.8 Å². The molecule has 4 heterocycles. The lowest BCUT2D eigenvalue weighted by molar-refractivity contribution is 0.0991. The van der Waals surface area contributed by atoms with E-state index in [1.807, 2.05) is 63.5 Å². The fourth-order valence-corrected chi connectivity index (χ4v) is 4.06. The van der Waals surface area contributed by atoms with Crippen molar-refractivity contribution in [2.45, 2.75) is 32.9 Å². The van der Waals surface area contributed by atoms with Gasteiger partial charge in [0.2, 0.25) is 0 Å². The van der Waals surface area contributed by atoms with Gasteiger partial charge in [0.15, 0.2) is 5.69 Å². The Balaban J connectivity index is 0.00000112. The van der Waals surface area contributed by atoms with Crippen LogP contribution in [0.25, 0.3) is 5.69 Å². The van der Waals surface area contributed by atoms with Gasteiger partial charge >= 0.3 is 0 Å². The Morgan fingerprint density at radius 3 is 2.45 bits per heavy atom. The molecule has 1 saturated heterocycles. The van der Waals surface area contributed by atoms with E-state index in [0.29, 0.717) is 23.3 Å². The van der Waals surface area contributed by atoms with Crippen molar-refractivity contribution in [1.82, 2.24) is 20.1 Å². The van der Waals surface area contributed by atoms with Gasteiger partial charge in [-0.25, -0.2) is 9.67 Å². The quantitative estimate of drug-likeness (QED) is 0.669. The molecule has 0 saturated carbocycles. The second-order valence-corrected chi connectivity index (χ2v) is 7.85. The summed E-state index contributed by atoms with van der Waals surface area (Å²) in [5, 5.41) is 8.48. The summed E-state index contributed by atoms with van der Waals surface area (Å²) in [6.07, 6.45) is 4.79. The Morgan fingerprint density at radius 2 is 1.84 bits per heavy atom. The zero-order valence-corrected chi connectivity index (χ0v) is 18.8. The molecule has 1 atom stereocenters. The van der Waals surface area contributed by atoms with Crippen molar-refractivity contribution in [2.24, 2.45) is 0 Å². The van der Waals surface area contributed by atoms with Crippen LogP contribution in [0.4, 0.5) is 11.5 Å². The summed E-state index contributed by atoms with van der Waals surface area (Å²) >= 11 is 5.95. The number of likely N-dealkylation sites (N-methyl/N-ethyl adjacent to an activating group) is 1. The molecule has 7 nitrogen and oxygen atoms in total. The number of pyridine rings is 1. The predicted octanol–water partition coefficient (Wildman–Crippen LogP) is 3.91. The van der Waals surface area contributed by atoms with Crippen molar-refractivity contribution < 1.29 is 4.79 Å². The summed E-state index contributed by atoms with van der Waals surface area (Å²) in [5.74, 6) is 0.850. The third-order valence-electron chi connectivity index (χ3n) is 5.62. The normalized spacial score (nSPS) is 17.5. The summed E-state index contributed by atoms with van der Waals surface area (Å²) in [5.41, 5.74) is 3.06. The minimum atomic E-state index is -0.0984. The van der Waals surface area contributed by atoms with Gasteiger partial charge in [0.1, 0.15) is 5.82 Å². The molecule has 5 rings (SSSR count). The van der Waals surface area contributed by atoms with E-state index in [1.54, 1.807) is 15.8 Å². The van der Waals surface area contributed by atoms with Crippen LogP contribution >= 0.6 is 11.6 Å². The third kappa shape index (κ3) is 4.16. The molecule has 2 aliphatic heterocycles. The number of nitrogens with one attached hydrogen (secondary N) is 1. The number of rotatable bonds is 4. The molecular weight excluding hydrogens is 412 g/mol. The molecule has 8 heteroatoms. The van der Waals surface area contributed by atoms with Crippen molar-refractivity contribution in [1.29, 1.82) is 0 Å². The second kappa shape index (κ2) is 9.08. The van der Waals surface area contributed by atoms with Crippen LogP contribution in [-0.4, -0.2) is 46.9 Å². The van der Waals surface area contributed by atoms with Gasteiger partial charge in [-0.05, 0) is 49.9 Å². The van der Waals surface area contributed by atoms with E-state index in [9.17, 15) is 4.79 Å². The summed E-state index contributed by atoms with van der Waals surface area (Å²) in [7, 11) is 1.99. The molecule has 0 aliphatic carbocycles. The first-order valence-electron chi connectivity index (χ1n) is 10.7. The molecule has 2 aromatic heterocycles. The second-order valence-electron chi connectivity index (χ2n) is 7.41. The highest BCUT2D eigenvalue weighted by atomic mass is 35.5. The van der Waals surface area contributed by atoms with Gasteiger partial charge in [0.05, 0.1) is 24.1 Å². The van der Waals surface area contributed by atoms with E-state index in [2.05, 4.69) is 20.3 Å². The van der Waals surface area contributed by atoms with Gasteiger partial charge in [0, 0.05) is 35.9 Å². The maximum atomic E-state index is 12.9. The number of amides is 1. The average Bonchev–Trinajstić information content (AvgIpc) is 3.52. The molecule has 162 valence electrons. The highest BCUT2D eigenvalue weighted by Crippen LogP contribution is 2.29. The fourth-order valence-electron chi connectivity index (χ4n) is 3.94. The van der Waals surface area contributed by atoms with Crippen molar-refractivity contribution in [3.8, 4) is 5.69 Å². The molecule has 1 amide bonds. The topological polar surface area (TPSA) is 66.3 Å². The van der Waals surface area contributed by atoms with Crippen molar-refractivity contribution >= 4 is 29.0 Å². The Hall–Kier alpha value is -2.90. The van der Waals surface area contributed by atoms with Gasteiger partial charge in [-0.3, -0.25) is 4.79 Å². The summed E-state index contributed by atoms with van der Waals surface area (Å²) < 4.78 is 1.73. The average molecular weight is 439 g/mol. The SMILES string of the molecule is CC.CNC1CCN(c2ccc(N3Cc4cn(-c5ccc(Cl)cc5)nc4C3=O)cn2)C1. The van der Waals surface area contributed by atoms with Gasteiger partial charge in [-0.1, -0.05) is 25.4 Å². The monoisotopic (exact) mass is 438 g/mol. The molecule has 1 aromatic carbocycles. The molecular formula is C23H27ClN6O. The minimum Gasteiger partial charge on any atom is -0.355 e. The van der Waals surface area contributed by atoms with Gasteiger partial charge in [0.25, 0.3) is 5.91 Å². The first-order valence-corrected chi connectivity index (χ1v) is 11.0. The molecule has 0 bridgehead atoms. The van der Waals surface area contributed by atoms with Crippen LogP contribution < -0.4 is 15.1 Å². The lowest BCUT2D eigenvalue weighted by Gasteiger charge is -2.20. The maximum Gasteiger partial charge on any atom is 0.279 e. The number of carbonyl (C=O) groups is 1. The van der Waals surface area contributed by atoms with E-state index in [-0.39, 0.29) is 5.91 Å². The number of nitrogens with zero attached hydrogens (tertiary/aromatic N) is 5. The van der Waals surface area contributed by atoms with Crippen molar-refractivity contribution in [2.75, 3.05) is 29.9 Å². The number of hydrogen-bond acceptors (Lipinski definition) is 5. The third-order valence-corrected chi connectivity index (χ3v) is 5.87. The number of carbonyl (C=O) groups excluding carboxylic acids is 1. The molecule has 1 unspecified atom stereocenters. The standard InChI is InChI=1S/C21H21ClN6O.C2H6/c1-23-16-8-9-26(13-16)19-7-6-18(10-24-19)27-11-14-12-28(25-20(14)21(27)29)17-4-2-15(22)3-5-17;1-2/h2-7,10,12,16,23H,8-9,11,13H2,1H3;1-2H3. The minimum absolute atomic E-state index is 0.0984.